The Morgan fingerprint density at radius 3 is 2.52 bits per heavy atom. The van der Waals surface area contributed by atoms with Crippen molar-refractivity contribution in [2.45, 2.75) is 12.7 Å². The maximum absolute atomic E-state index is 13.5. The molecule has 1 amide bonds. The number of nitrogens with one attached hydrogen (secondary N) is 2. The molecule has 1 fully saturated rings. The molecule has 4 nitrogen and oxygen atoms in total. The van der Waals surface area contributed by atoms with Crippen LogP contribution in [0.5, 0.6) is 0 Å². The van der Waals surface area contributed by atoms with E-state index in [-0.39, 0.29) is 13.1 Å². The molecule has 2 aromatic carbocycles. The minimum atomic E-state index is -4.44. The minimum Gasteiger partial charge on any atom is -0.299 e. The van der Waals surface area contributed by atoms with Crippen LogP contribution in [0.3, 0.4) is 0 Å². The largest absolute Gasteiger partial charge is 0.393 e. The van der Waals surface area contributed by atoms with Gasteiger partial charge in [0.1, 0.15) is 0 Å². The van der Waals surface area contributed by atoms with Gasteiger partial charge in [-0.15, -0.1) is 0 Å². The van der Waals surface area contributed by atoms with E-state index >= 15 is 0 Å². The first-order valence-corrected chi connectivity index (χ1v) is 8.85. The van der Waals surface area contributed by atoms with Crippen LogP contribution >= 0.6 is 11.6 Å². The number of halogens is 4. The Kier molecular flexibility index (Phi) is 5.92. The number of rotatable bonds is 5. The highest BCUT2D eigenvalue weighted by Gasteiger charge is 2.52. The normalized spacial score (nSPS) is 20.4. The molecule has 8 heteroatoms. The van der Waals surface area contributed by atoms with Gasteiger partial charge in [0.05, 0.1) is 17.5 Å². The van der Waals surface area contributed by atoms with Crippen molar-refractivity contribution >= 4 is 23.2 Å². The number of amides is 1. The molecular weight excluding hydrogens is 379 g/mol. The van der Waals surface area contributed by atoms with Gasteiger partial charge >= 0.3 is 6.18 Å². The van der Waals surface area contributed by atoms with Crippen molar-refractivity contribution in [1.82, 2.24) is 10.3 Å². The molecule has 2 atom stereocenters. The van der Waals surface area contributed by atoms with E-state index in [1.165, 1.54) is 0 Å². The second kappa shape index (κ2) is 8.19. The van der Waals surface area contributed by atoms with Gasteiger partial charge in [-0.1, -0.05) is 48.0 Å². The maximum Gasteiger partial charge on any atom is 0.393 e. The van der Waals surface area contributed by atoms with E-state index in [0.717, 1.165) is 5.56 Å². The lowest BCUT2D eigenvalue weighted by Gasteiger charge is -2.21. The third-order valence-corrected chi connectivity index (χ3v) is 4.79. The Bertz CT molecular complexity index is 785. The molecule has 2 aromatic rings. The average molecular weight is 398 g/mol. The van der Waals surface area contributed by atoms with E-state index in [1.807, 2.05) is 30.3 Å². The van der Waals surface area contributed by atoms with Crippen molar-refractivity contribution in [2.24, 2.45) is 11.8 Å². The zero-order chi connectivity index (χ0) is 19.4. The van der Waals surface area contributed by atoms with Gasteiger partial charge in [-0.2, -0.15) is 13.2 Å². The van der Waals surface area contributed by atoms with Gasteiger partial charge in [-0.3, -0.25) is 20.5 Å². The number of benzene rings is 2. The second-order valence-electron chi connectivity index (χ2n) is 6.56. The van der Waals surface area contributed by atoms with Gasteiger partial charge in [0, 0.05) is 24.7 Å². The van der Waals surface area contributed by atoms with E-state index in [1.54, 1.807) is 29.2 Å². The van der Waals surface area contributed by atoms with Crippen LogP contribution < -0.4 is 10.9 Å². The Morgan fingerprint density at radius 1 is 1.11 bits per heavy atom. The first kappa shape index (κ1) is 19.5. The summed E-state index contributed by atoms with van der Waals surface area (Å²) in [6.45, 7) is 0.217. The Balaban J connectivity index is 1.66. The molecule has 1 aliphatic heterocycles. The number of alkyl halides is 3. The first-order chi connectivity index (χ1) is 12.8. The van der Waals surface area contributed by atoms with Crippen molar-refractivity contribution in [3.8, 4) is 0 Å². The van der Waals surface area contributed by atoms with Gasteiger partial charge in [0.15, 0.2) is 0 Å². The molecule has 0 unspecified atom stereocenters. The molecule has 0 saturated carbocycles. The minimum absolute atomic E-state index is 0.0438. The average Bonchev–Trinajstić information content (AvgIpc) is 3.05. The van der Waals surface area contributed by atoms with E-state index < -0.39 is 23.9 Å². The molecule has 2 N–H and O–H groups in total. The van der Waals surface area contributed by atoms with Gasteiger partial charge < -0.3 is 0 Å². The van der Waals surface area contributed by atoms with Crippen LogP contribution in [-0.4, -0.2) is 30.1 Å². The Hall–Kier alpha value is -2.25. The first-order valence-electron chi connectivity index (χ1n) is 8.47. The third kappa shape index (κ3) is 5.14. The van der Waals surface area contributed by atoms with E-state index in [2.05, 4.69) is 10.9 Å². The zero-order valence-electron chi connectivity index (χ0n) is 14.3. The van der Waals surface area contributed by atoms with Crippen molar-refractivity contribution in [3.05, 3.63) is 65.2 Å². The Labute approximate surface area is 160 Å². The summed E-state index contributed by atoms with van der Waals surface area (Å²) < 4.78 is 40.4. The molecule has 0 aromatic heterocycles. The summed E-state index contributed by atoms with van der Waals surface area (Å²) in [5.41, 5.74) is 6.42. The molecule has 0 bridgehead atoms. The fraction of sp³-hybridized carbons (Fsp3) is 0.316. The SMILES string of the molecule is O=C(NNc1cccc(Cl)c1)[C@@H]1CN(Cc2ccccc2)C[C@@H]1C(F)(F)F. The van der Waals surface area contributed by atoms with Gasteiger partial charge in [0.25, 0.3) is 0 Å². The number of anilines is 1. The van der Waals surface area contributed by atoms with Crippen LogP contribution in [0.1, 0.15) is 5.56 Å². The molecule has 3 rings (SSSR count). The number of carbonyl (C=O) groups is 1. The number of nitrogens with zero attached hydrogens (tertiary/aromatic N) is 1. The maximum atomic E-state index is 13.5. The number of carbonyl (C=O) groups excluding carboxylic acids is 1. The highest BCUT2D eigenvalue weighted by atomic mass is 35.5. The van der Waals surface area contributed by atoms with Crippen molar-refractivity contribution in [2.75, 3.05) is 18.5 Å². The summed E-state index contributed by atoms with van der Waals surface area (Å²) in [6.07, 6.45) is -4.44. The molecule has 1 aliphatic rings. The van der Waals surface area contributed by atoms with E-state index in [0.29, 0.717) is 17.3 Å². The molecule has 27 heavy (non-hydrogen) atoms. The fourth-order valence-corrected chi connectivity index (χ4v) is 3.44. The van der Waals surface area contributed by atoms with Gasteiger partial charge in [-0.05, 0) is 23.8 Å². The monoisotopic (exact) mass is 397 g/mol. The lowest BCUT2D eigenvalue weighted by atomic mass is 9.95. The summed E-state index contributed by atoms with van der Waals surface area (Å²) in [6, 6.07) is 15.8. The van der Waals surface area contributed by atoms with Crippen molar-refractivity contribution < 1.29 is 18.0 Å². The van der Waals surface area contributed by atoms with Crippen LogP contribution in [0.2, 0.25) is 5.02 Å². The smallest absolute Gasteiger partial charge is 0.299 e. The summed E-state index contributed by atoms with van der Waals surface area (Å²) in [5, 5.41) is 0.456. The summed E-state index contributed by atoms with van der Waals surface area (Å²) in [7, 11) is 0. The lowest BCUT2D eigenvalue weighted by molar-refractivity contribution is -0.183. The Morgan fingerprint density at radius 2 is 1.85 bits per heavy atom. The van der Waals surface area contributed by atoms with Crippen LogP contribution in [0.15, 0.2) is 54.6 Å². The lowest BCUT2D eigenvalue weighted by Crippen LogP contribution is -2.42. The molecule has 0 radical (unpaired) electrons. The quantitative estimate of drug-likeness (QED) is 0.747. The zero-order valence-corrected chi connectivity index (χ0v) is 15.1. The fourth-order valence-electron chi connectivity index (χ4n) is 3.25. The van der Waals surface area contributed by atoms with Crippen LogP contribution in [0.25, 0.3) is 0 Å². The highest BCUT2D eigenvalue weighted by molar-refractivity contribution is 6.30. The van der Waals surface area contributed by atoms with E-state index in [4.69, 9.17) is 11.6 Å². The highest BCUT2D eigenvalue weighted by Crippen LogP contribution is 2.38. The molecule has 144 valence electrons. The van der Waals surface area contributed by atoms with Crippen molar-refractivity contribution in [1.29, 1.82) is 0 Å². The molecule has 0 spiro atoms. The molecule has 1 saturated heterocycles. The summed E-state index contributed by atoms with van der Waals surface area (Å²) in [4.78, 5) is 14.1. The van der Waals surface area contributed by atoms with Crippen molar-refractivity contribution in [3.63, 3.8) is 0 Å². The topological polar surface area (TPSA) is 44.4 Å². The van der Waals surface area contributed by atoms with Gasteiger partial charge in [-0.25, -0.2) is 0 Å². The number of hydrogen-bond donors (Lipinski definition) is 2. The predicted molar refractivity (Wildman–Crippen MR) is 98.0 cm³/mol. The number of hydrogen-bond acceptors (Lipinski definition) is 3. The molecular formula is C19H19ClF3N3O. The molecule has 1 heterocycles. The van der Waals surface area contributed by atoms with Crippen LogP contribution in [0.4, 0.5) is 18.9 Å². The van der Waals surface area contributed by atoms with Gasteiger partial charge in [0.2, 0.25) is 5.91 Å². The van der Waals surface area contributed by atoms with E-state index in [9.17, 15) is 18.0 Å². The number of likely N-dealkylation sites (tertiary alicyclic amines) is 1. The third-order valence-electron chi connectivity index (χ3n) is 4.56. The number of hydrazine groups is 1. The molecule has 0 aliphatic carbocycles. The summed E-state index contributed by atoms with van der Waals surface area (Å²) in [5.74, 6) is -3.57. The van der Waals surface area contributed by atoms with Crippen LogP contribution in [0, 0.1) is 11.8 Å². The summed E-state index contributed by atoms with van der Waals surface area (Å²) >= 11 is 5.86. The standard InChI is InChI=1S/C19H19ClF3N3O/c20-14-7-4-8-15(9-14)24-25-18(27)16-11-26(12-17(16)19(21,22)23)10-13-5-2-1-3-6-13/h1-9,16-17,24H,10-12H2,(H,25,27)/t16-,17+/m1/s1. The predicted octanol–water partition coefficient (Wildman–Crippen LogP) is 4.09. The second-order valence-corrected chi connectivity index (χ2v) is 7.00. The van der Waals surface area contributed by atoms with Crippen LogP contribution in [-0.2, 0) is 11.3 Å².